The number of amides is 1. The van der Waals surface area contributed by atoms with Gasteiger partial charge in [0.1, 0.15) is 12.4 Å². The van der Waals surface area contributed by atoms with Crippen LogP contribution in [0.4, 0.5) is 0 Å². The first-order chi connectivity index (χ1) is 16.4. The lowest BCUT2D eigenvalue weighted by atomic mass is 10.0. The lowest BCUT2D eigenvalue weighted by Crippen LogP contribution is -2.48. The summed E-state index contributed by atoms with van der Waals surface area (Å²) in [6.07, 6.45) is 1.18. The summed E-state index contributed by atoms with van der Waals surface area (Å²) < 4.78 is 11.8. The van der Waals surface area contributed by atoms with Gasteiger partial charge >= 0.3 is 0 Å². The number of hydrogen-bond acceptors (Lipinski definition) is 6. The highest BCUT2D eigenvalue weighted by Gasteiger charge is 2.33. The fraction of sp³-hybridized carbons (Fsp3) is 0.593. The molecule has 0 saturated carbocycles. The minimum Gasteiger partial charge on any atom is -0.491 e. The Hall–Kier alpha value is -1.93. The number of fused-ring (bicyclic) bond motifs is 1. The second-order valence-corrected chi connectivity index (χ2v) is 10.6. The molecule has 0 saturated heterocycles. The molecule has 1 amide bonds. The van der Waals surface area contributed by atoms with Gasteiger partial charge in [0.15, 0.2) is 0 Å². The Morgan fingerprint density at radius 1 is 1.29 bits per heavy atom. The third-order valence-corrected chi connectivity index (χ3v) is 6.94. The quantitative estimate of drug-likeness (QED) is 0.455. The number of aliphatic hydroxyl groups excluding tert-OH is 1. The van der Waals surface area contributed by atoms with Crippen LogP contribution in [0.25, 0.3) is 0 Å². The van der Waals surface area contributed by atoms with Gasteiger partial charge in [-0.05, 0) is 66.9 Å². The van der Waals surface area contributed by atoms with Crippen molar-refractivity contribution in [3.63, 3.8) is 0 Å². The lowest BCUT2D eigenvalue weighted by molar-refractivity contribution is -0.136. The predicted molar refractivity (Wildman–Crippen MR) is 138 cm³/mol. The van der Waals surface area contributed by atoms with Crippen molar-refractivity contribution in [2.24, 2.45) is 5.92 Å². The number of aliphatic hydroxyl groups is 1. The molecule has 0 radical (unpaired) electrons. The molecule has 7 heteroatoms. The third kappa shape index (κ3) is 7.80. The van der Waals surface area contributed by atoms with Crippen LogP contribution in [0.3, 0.4) is 0 Å². The van der Waals surface area contributed by atoms with E-state index in [0.717, 1.165) is 30.7 Å². The average molecular weight is 489 g/mol. The number of aryl methyl sites for hydroxylation is 1. The Balaban J connectivity index is 1.65. The van der Waals surface area contributed by atoms with E-state index in [1.54, 1.807) is 11.3 Å². The number of carbonyl (C=O) groups is 1. The van der Waals surface area contributed by atoms with E-state index in [2.05, 4.69) is 32.2 Å². The van der Waals surface area contributed by atoms with E-state index in [4.69, 9.17) is 9.47 Å². The number of benzene rings is 1. The number of carbonyl (C=O) groups excluding carboxylic acids is 1. The fourth-order valence-corrected chi connectivity index (χ4v) is 5.31. The Kier molecular flexibility index (Phi) is 10.4. The van der Waals surface area contributed by atoms with Crippen LogP contribution in [0.2, 0.25) is 0 Å². The molecule has 1 aromatic heterocycles. The second-order valence-electron chi connectivity index (χ2n) is 9.60. The van der Waals surface area contributed by atoms with Crippen molar-refractivity contribution in [3.8, 4) is 5.75 Å². The SMILES string of the molecule is CCCN(CC(=O)N1CCc2sccc2[C@@H]1COc1cccc(C)c1)C[C@@H](O)COCC(C)C. The van der Waals surface area contributed by atoms with E-state index < -0.39 is 6.10 Å². The largest absolute Gasteiger partial charge is 0.491 e. The number of thiophene rings is 1. The zero-order chi connectivity index (χ0) is 24.5. The Morgan fingerprint density at radius 3 is 2.85 bits per heavy atom. The van der Waals surface area contributed by atoms with Crippen LogP contribution in [-0.4, -0.2) is 72.9 Å². The molecule has 3 rings (SSSR count). The highest BCUT2D eigenvalue weighted by Crippen LogP contribution is 2.34. The maximum absolute atomic E-state index is 13.5. The zero-order valence-electron chi connectivity index (χ0n) is 21.0. The summed E-state index contributed by atoms with van der Waals surface area (Å²) in [7, 11) is 0. The molecule has 6 nitrogen and oxygen atoms in total. The normalized spacial score (nSPS) is 16.7. The first kappa shape index (κ1) is 26.7. The zero-order valence-corrected chi connectivity index (χ0v) is 21.9. The summed E-state index contributed by atoms with van der Waals surface area (Å²) >= 11 is 1.76. The van der Waals surface area contributed by atoms with Crippen molar-refractivity contribution in [3.05, 3.63) is 51.7 Å². The van der Waals surface area contributed by atoms with Crippen LogP contribution in [0.5, 0.6) is 5.75 Å². The van der Waals surface area contributed by atoms with Gasteiger partial charge < -0.3 is 19.5 Å². The van der Waals surface area contributed by atoms with Crippen molar-refractivity contribution in [1.29, 1.82) is 0 Å². The topological polar surface area (TPSA) is 62.2 Å². The third-order valence-electron chi connectivity index (χ3n) is 5.94. The number of hydrogen-bond donors (Lipinski definition) is 1. The molecule has 0 unspecified atom stereocenters. The first-order valence-corrected chi connectivity index (χ1v) is 13.3. The predicted octanol–water partition coefficient (Wildman–Crippen LogP) is 4.31. The summed E-state index contributed by atoms with van der Waals surface area (Å²) in [5, 5.41) is 12.6. The van der Waals surface area contributed by atoms with Crippen molar-refractivity contribution in [2.45, 2.75) is 52.7 Å². The van der Waals surface area contributed by atoms with E-state index in [-0.39, 0.29) is 18.5 Å². The number of ether oxygens (including phenoxy) is 2. The molecular weight excluding hydrogens is 448 g/mol. The average Bonchev–Trinajstić information content (AvgIpc) is 3.26. The molecule has 1 aliphatic heterocycles. The summed E-state index contributed by atoms with van der Waals surface area (Å²) in [5.74, 6) is 1.34. The van der Waals surface area contributed by atoms with Gasteiger partial charge in [-0.1, -0.05) is 32.9 Å². The van der Waals surface area contributed by atoms with Gasteiger partial charge in [0, 0.05) is 24.6 Å². The molecule has 0 bridgehead atoms. The standard InChI is InChI=1S/C27H40N2O4S/c1-5-11-28(15-22(30)18-32-17-20(2)3)16-27(31)29-12-9-26-24(10-13-34-26)25(29)19-33-23-8-6-7-21(4)14-23/h6-8,10,13-14,20,22,25,30H,5,9,11-12,15-19H2,1-4H3/t22-,25+/m1/s1. The molecule has 2 atom stereocenters. The van der Waals surface area contributed by atoms with Crippen LogP contribution in [-0.2, 0) is 16.0 Å². The fourth-order valence-electron chi connectivity index (χ4n) is 4.38. The molecular formula is C27H40N2O4S. The van der Waals surface area contributed by atoms with Gasteiger partial charge in [0.05, 0.1) is 25.3 Å². The van der Waals surface area contributed by atoms with E-state index in [1.165, 1.54) is 10.4 Å². The lowest BCUT2D eigenvalue weighted by Gasteiger charge is -2.37. The van der Waals surface area contributed by atoms with Crippen LogP contribution in [0.15, 0.2) is 35.7 Å². The minimum absolute atomic E-state index is 0.0819. The van der Waals surface area contributed by atoms with Gasteiger partial charge in [0.25, 0.3) is 0 Å². The maximum atomic E-state index is 13.5. The molecule has 34 heavy (non-hydrogen) atoms. The van der Waals surface area contributed by atoms with E-state index in [9.17, 15) is 9.90 Å². The van der Waals surface area contributed by atoms with Crippen LogP contribution in [0, 0.1) is 12.8 Å². The van der Waals surface area contributed by atoms with Gasteiger partial charge in [-0.15, -0.1) is 11.3 Å². The Morgan fingerprint density at radius 2 is 2.12 bits per heavy atom. The van der Waals surface area contributed by atoms with E-state index in [0.29, 0.717) is 38.8 Å². The van der Waals surface area contributed by atoms with Crippen LogP contribution in [0.1, 0.15) is 49.2 Å². The van der Waals surface area contributed by atoms with Crippen molar-refractivity contribution in [2.75, 3.05) is 46.0 Å². The smallest absolute Gasteiger partial charge is 0.237 e. The van der Waals surface area contributed by atoms with Gasteiger partial charge in [-0.25, -0.2) is 0 Å². The molecule has 2 heterocycles. The van der Waals surface area contributed by atoms with E-state index >= 15 is 0 Å². The first-order valence-electron chi connectivity index (χ1n) is 12.4. The molecule has 1 aromatic carbocycles. The maximum Gasteiger partial charge on any atom is 0.237 e. The summed E-state index contributed by atoms with van der Waals surface area (Å²) in [6.45, 7) is 11.8. The van der Waals surface area contributed by atoms with Crippen molar-refractivity contribution < 1.29 is 19.4 Å². The Bertz CT molecular complexity index is 900. The van der Waals surface area contributed by atoms with Crippen molar-refractivity contribution in [1.82, 2.24) is 9.80 Å². The number of nitrogens with zero attached hydrogens (tertiary/aromatic N) is 2. The molecule has 0 spiro atoms. The van der Waals surface area contributed by atoms with Crippen LogP contribution < -0.4 is 4.74 Å². The molecule has 0 aliphatic carbocycles. The highest BCUT2D eigenvalue weighted by atomic mass is 32.1. The number of rotatable bonds is 13. The molecule has 188 valence electrons. The summed E-state index contributed by atoms with van der Waals surface area (Å²) in [5.41, 5.74) is 2.35. The summed E-state index contributed by atoms with van der Waals surface area (Å²) in [4.78, 5) is 18.8. The molecule has 1 N–H and O–H groups in total. The molecule has 1 aliphatic rings. The molecule has 0 fully saturated rings. The van der Waals surface area contributed by atoms with Gasteiger partial charge in [0.2, 0.25) is 5.91 Å². The minimum atomic E-state index is -0.608. The summed E-state index contributed by atoms with van der Waals surface area (Å²) in [6, 6.07) is 10.0. The molecule has 2 aromatic rings. The van der Waals surface area contributed by atoms with E-state index in [1.807, 2.05) is 41.0 Å². The van der Waals surface area contributed by atoms with Crippen LogP contribution >= 0.6 is 11.3 Å². The second kappa shape index (κ2) is 13.2. The monoisotopic (exact) mass is 488 g/mol. The Labute approximate surface area is 208 Å². The van der Waals surface area contributed by atoms with Crippen molar-refractivity contribution >= 4 is 17.2 Å². The highest BCUT2D eigenvalue weighted by molar-refractivity contribution is 7.10. The van der Waals surface area contributed by atoms with Gasteiger partial charge in [-0.3, -0.25) is 9.69 Å². The van der Waals surface area contributed by atoms with Gasteiger partial charge in [-0.2, -0.15) is 0 Å².